The lowest BCUT2D eigenvalue weighted by Gasteiger charge is -2.35. The summed E-state index contributed by atoms with van der Waals surface area (Å²) in [5.74, 6) is -0.519. The summed E-state index contributed by atoms with van der Waals surface area (Å²) < 4.78 is 1.79. The Kier molecular flexibility index (Phi) is 5.05. The van der Waals surface area contributed by atoms with Gasteiger partial charge < -0.3 is 10.6 Å². The van der Waals surface area contributed by atoms with E-state index in [0.29, 0.717) is 25.8 Å². The van der Waals surface area contributed by atoms with E-state index >= 15 is 0 Å². The molecule has 156 valence electrons. The number of fused-ring (bicyclic) bond motifs is 2. The third-order valence-electron chi connectivity index (χ3n) is 6.22. The summed E-state index contributed by atoms with van der Waals surface area (Å²) in [6.45, 7) is 6.43. The maximum absolute atomic E-state index is 13.1. The van der Waals surface area contributed by atoms with Crippen LogP contribution >= 0.6 is 0 Å². The van der Waals surface area contributed by atoms with Crippen molar-refractivity contribution in [2.75, 3.05) is 0 Å². The lowest BCUT2D eigenvalue weighted by molar-refractivity contribution is -0.140. The van der Waals surface area contributed by atoms with Crippen molar-refractivity contribution in [3.8, 4) is 0 Å². The Balaban J connectivity index is 1.59. The number of rotatable bonds is 4. The molecule has 4 rings (SSSR count). The predicted molar refractivity (Wildman–Crippen MR) is 115 cm³/mol. The normalized spacial score (nSPS) is 16.0. The smallest absolute Gasteiger partial charge is 0.240 e. The molecule has 1 aliphatic rings. The molecule has 0 saturated heterocycles. The van der Waals surface area contributed by atoms with E-state index in [4.69, 9.17) is 10.7 Å². The van der Waals surface area contributed by atoms with E-state index in [1.54, 1.807) is 9.58 Å². The Morgan fingerprint density at radius 1 is 1.13 bits per heavy atom. The molecular formula is C23H27N5O2. The Morgan fingerprint density at radius 2 is 1.83 bits per heavy atom. The van der Waals surface area contributed by atoms with Crippen molar-refractivity contribution in [3.63, 3.8) is 0 Å². The molecule has 0 saturated carbocycles. The van der Waals surface area contributed by atoms with E-state index < -0.39 is 11.9 Å². The highest BCUT2D eigenvalue weighted by Gasteiger charge is 2.33. The number of benzene rings is 1. The zero-order chi connectivity index (χ0) is 21.6. The first kappa shape index (κ1) is 20.1. The summed E-state index contributed by atoms with van der Waals surface area (Å²) in [6, 6.07) is 7.30. The molecule has 1 atom stereocenters. The van der Waals surface area contributed by atoms with Crippen molar-refractivity contribution in [1.82, 2.24) is 19.7 Å². The van der Waals surface area contributed by atoms with E-state index in [9.17, 15) is 9.59 Å². The van der Waals surface area contributed by atoms with Gasteiger partial charge in [0.05, 0.1) is 5.69 Å². The quantitative estimate of drug-likeness (QED) is 0.720. The minimum Gasteiger partial charge on any atom is -0.368 e. The molecule has 2 amide bonds. The summed E-state index contributed by atoms with van der Waals surface area (Å²) in [4.78, 5) is 31.5. The molecule has 0 bridgehead atoms. The molecule has 7 heteroatoms. The highest BCUT2D eigenvalue weighted by molar-refractivity contribution is 5.88. The first-order chi connectivity index (χ1) is 14.3. The van der Waals surface area contributed by atoms with Crippen LogP contribution in [0.5, 0.6) is 0 Å². The lowest BCUT2D eigenvalue weighted by Crippen LogP contribution is -2.51. The summed E-state index contributed by atoms with van der Waals surface area (Å²) in [7, 11) is 1.89. The molecule has 2 aromatic heterocycles. The third-order valence-corrected chi connectivity index (χ3v) is 6.22. The van der Waals surface area contributed by atoms with E-state index in [0.717, 1.165) is 44.7 Å². The number of nitrogens with zero attached hydrogens (tertiary/aromatic N) is 4. The van der Waals surface area contributed by atoms with Crippen LogP contribution in [0.15, 0.2) is 24.3 Å². The standard InChI is InChI=1S/C23H27N5O2/c1-13-18(14(2)25-23-21(13)15(3)26-27(23)4)9-10-20(29)28-12-17-8-6-5-7-16(17)11-19(28)22(24)30/h5-8,19H,9-12H2,1-4H3,(H2,24,30). The van der Waals surface area contributed by atoms with Gasteiger partial charge in [0.15, 0.2) is 5.65 Å². The Labute approximate surface area is 175 Å². The maximum Gasteiger partial charge on any atom is 0.240 e. The molecule has 3 aromatic rings. The van der Waals surface area contributed by atoms with Crippen LogP contribution in [0.4, 0.5) is 0 Å². The van der Waals surface area contributed by atoms with E-state index in [-0.39, 0.29) is 5.91 Å². The van der Waals surface area contributed by atoms with Crippen molar-refractivity contribution in [2.24, 2.45) is 12.8 Å². The second-order valence-corrected chi connectivity index (χ2v) is 8.12. The van der Waals surface area contributed by atoms with Crippen molar-refractivity contribution in [3.05, 3.63) is 57.9 Å². The lowest BCUT2D eigenvalue weighted by atomic mass is 9.92. The van der Waals surface area contributed by atoms with Crippen molar-refractivity contribution in [1.29, 1.82) is 0 Å². The van der Waals surface area contributed by atoms with Gasteiger partial charge in [-0.05, 0) is 49.4 Å². The monoisotopic (exact) mass is 405 g/mol. The molecule has 0 radical (unpaired) electrons. The molecule has 0 spiro atoms. The van der Waals surface area contributed by atoms with Gasteiger partial charge in [-0.3, -0.25) is 14.3 Å². The molecule has 0 fully saturated rings. The fourth-order valence-corrected chi connectivity index (χ4v) is 4.65. The molecule has 0 aliphatic carbocycles. The zero-order valence-corrected chi connectivity index (χ0v) is 17.9. The zero-order valence-electron chi connectivity index (χ0n) is 17.9. The van der Waals surface area contributed by atoms with Gasteiger partial charge in [0.1, 0.15) is 6.04 Å². The molecule has 7 nitrogen and oxygen atoms in total. The maximum atomic E-state index is 13.1. The number of carbonyl (C=O) groups is 2. The van der Waals surface area contributed by atoms with Gasteiger partial charge in [-0.2, -0.15) is 5.10 Å². The molecular weight excluding hydrogens is 378 g/mol. The molecule has 3 heterocycles. The number of amides is 2. The van der Waals surface area contributed by atoms with Crippen molar-refractivity contribution >= 4 is 22.8 Å². The van der Waals surface area contributed by atoms with Gasteiger partial charge in [0.25, 0.3) is 0 Å². The van der Waals surface area contributed by atoms with Crippen LogP contribution in [0.3, 0.4) is 0 Å². The summed E-state index contributed by atoms with van der Waals surface area (Å²) in [5, 5.41) is 5.53. The number of hydrogen-bond acceptors (Lipinski definition) is 4. The minimum absolute atomic E-state index is 0.0601. The van der Waals surface area contributed by atoms with Crippen LogP contribution in [0.25, 0.3) is 11.0 Å². The summed E-state index contributed by atoms with van der Waals surface area (Å²) >= 11 is 0. The van der Waals surface area contributed by atoms with E-state index in [1.807, 2.05) is 45.2 Å². The largest absolute Gasteiger partial charge is 0.368 e. The average Bonchev–Trinajstić information content (AvgIpc) is 2.99. The number of nitrogens with two attached hydrogens (primary N) is 1. The van der Waals surface area contributed by atoms with Gasteiger partial charge in [0, 0.05) is 37.5 Å². The Morgan fingerprint density at radius 3 is 2.53 bits per heavy atom. The van der Waals surface area contributed by atoms with E-state index in [1.165, 1.54) is 0 Å². The van der Waals surface area contributed by atoms with Gasteiger partial charge in [-0.1, -0.05) is 24.3 Å². The van der Waals surface area contributed by atoms with Crippen LogP contribution in [-0.2, 0) is 36.0 Å². The predicted octanol–water partition coefficient (Wildman–Crippen LogP) is 2.26. The molecule has 30 heavy (non-hydrogen) atoms. The Hall–Kier alpha value is -3.22. The van der Waals surface area contributed by atoms with Crippen LogP contribution in [0.2, 0.25) is 0 Å². The first-order valence-electron chi connectivity index (χ1n) is 10.2. The summed E-state index contributed by atoms with van der Waals surface area (Å²) in [6.07, 6.45) is 1.34. The fraction of sp³-hybridized carbons (Fsp3) is 0.391. The van der Waals surface area contributed by atoms with Crippen LogP contribution in [0, 0.1) is 20.8 Å². The van der Waals surface area contributed by atoms with Gasteiger partial charge in [-0.15, -0.1) is 0 Å². The van der Waals surface area contributed by atoms with Crippen molar-refractivity contribution in [2.45, 2.75) is 52.6 Å². The minimum atomic E-state index is -0.601. The molecule has 1 aromatic carbocycles. The summed E-state index contributed by atoms with van der Waals surface area (Å²) in [5.41, 5.74) is 12.7. The van der Waals surface area contributed by atoms with Gasteiger partial charge >= 0.3 is 0 Å². The SMILES string of the molecule is Cc1nc2c(c(C)nn2C)c(C)c1CCC(=O)N1Cc2ccccc2CC1C(N)=O. The number of hydrogen-bond donors (Lipinski definition) is 1. The number of pyridine rings is 1. The molecule has 2 N–H and O–H groups in total. The highest BCUT2D eigenvalue weighted by atomic mass is 16.2. The number of aryl methyl sites for hydroxylation is 4. The number of primary amides is 1. The number of carbonyl (C=O) groups excluding carboxylic acids is 2. The van der Waals surface area contributed by atoms with Crippen LogP contribution in [0.1, 0.15) is 40.1 Å². The first-order valence-corrected chi connectivity index (χ1v) is 10.2. The fourth-order valence-electron chi connectivity index (χ4n) is 4.65. The van der Waals surface area contributed by atoms with E-state index in [2.05, 4.69) is 12.0 Å². The van der Waals surface area contributed by atoms with Crippen molar-refractivity contribution < 1.29 is 9.59 Å². The average molecular weight is 406 g/mol. The van der Waals surface area contributed by atoms with Gasteiger partial charge in [0.2, 0.25) is 11.8 Å². The van der Waals surface area contributed by atoms with Crippen LogP contribution in [-0.4, -0.2) is 37.5 Å². The highest BCUT2D eigenvalue weighted by Crippen LogP contribution is 2.28. The van der Waals surface area contributed by atoms with Crippen LogP contribution < -0.4 is 5.73 Å². The van der Waals surface area contributed by atoms with Gasteiger partial charge in [-0.25, -0.2) is 4.98 Å². The molecule has 1 aliphatic heterocycles. The third kappa shape index (κ3) is 3.34. The second-order valence-electron chi connectivity index (χ2n) is 8.12. The molecule has 1 unspecified atom stereocenters. The Bertz CT molecular complexity index is 1160. The number of aromatic nitrogens is 3. The second kappa shape index (κ2) is 7.55. The topological polar surface area (TPSA) is 94.1 Å².